The third-order valence-corrected chi connectivity index (χ3v) is 2.16. The maximum Gasteiger partial charge on any atom is 0.162 e. The lowest BCUT2D eigenvalue weighted by Crippen LogP contribution is -1.99. The predicted octanol–water partition coefficient (Wildman–Crippen LogP) is 3.64. The normalized spacial score (nSPS) is 9.93. The van der Waals surface area contributed by atoms with Crippen LogP contribution in [0.1, 0.15) is 20.3 Å². The van der Waals surface area contributed by atoms with Crippen LogP contribution in [0.5, 0.6) is 11.5 Å². The zero-order valence-corrected chi connectivity index (χ0v) is 10.1. The van der Waals surface area contributed by atoms with E-state index in [2.05, 4.69) is 22.9 Å². The van der Waals surface area contributed by atoms with Crippen molar-refractivity contribution in [1.82, 2.24) is 0 Å². The minimum absolute atomic E-state index is 0.652. The molecule has 0 atom stereocenters. The van der Waals surface area contributed by atoms with Crippen molar-refractivity contribution >= 4 is 15.9 Å². The fourth-order valence-corrected chi connectivity index (χ4v) is 1.42. The quantitative estimate of drug-likeness (QED) is 0.803. The van der Waals surface area contributed by atoms with E-state index < -0.39 is 0 Å². The van der Waals surface area contributed by atoms with Gasteiger partial charge in [0.2, 0.25) is 0 Å². The average molecular weight is 259 g/mol. The Balaban J connectivity index is 2.78. The second kappa shape index (κ2) is 5.91. The molecule has 0 radical (unpaired) electrons. The van der Waals surface area contributed by atoms with Gasteiger partial charge in [-0.25, -0.2) is 0 Å². The van der Waals surface area contributed by atoms with E-state index in [0.29, 0.717) is 6.61 Å². The van der Waals surface area contributed by atoms with Gasteiger partial charge in [0, 0.05) is 4.47 Å². The monoisotopic (exact) mass is 258 g/mol. The molecule has 0 bridgehead atoms. The molecular formula is C11H15BrO2. The highest BCUT2D eigenvalue weighted by Gasteiger charge is 2.04. The Morgan fingerprint density at radius 2 is 1.93 bits per heavy atom. The van der Waals surface area contributed by atoms with Crippen LogP contribution in [0.3, 0.4) is 0 Å². The molecule has 0 spiro atoms. The van der Waals surface area contributed by atoms with Gasteiger partial charge in [0.15, 0.2) is 11.5 Å². The lowest BCUT2D eigenvalue weighted by Gasteiger charge is -2.11. The largest absolute Gasteiger partial charge is 0.490 e. The Labute approximate surface area is 93.4 Å². The van der Waals surface area contributed by atoms with Crippen LogP contribution in [0.2, 0.25) is 0 Å². The molecule has 2 nitrogen and oxygen atoms in total. The zero-order chi connectivity index (χ0) is 10.4. The molecule has 0 saturated heterocycles. The fraction of sp³-hybridized carbons (Fsp3) is 0.455. The maximum atomic E-state index is 5.55. The number of halogens is 1. The van der Waals surface area contributed by atoms with Gasteiger partial charge in [-0.1, -0.05) is 22.9 Å². The van der Waals surface area contributed by atoms with Gasteiger partial charge in [-0.15, -0.1) is 0 Å². The number of rotatable bonds is 5. The van der Waals surface area contributed by atoms with Gasteiger partial charge in [0.05, 0.1) is 13.2 Å². The third kappa shape index (κ3) is 3.22. The van der Waals surface area contributed by atoms with Gasteiger partial charge < -0.3 is 9.47 Å². The van der Waals surface area contributed by atoms with Crippen LogP contribution in [0.4, 0.5) is 0 Å². The lowest BCUT2D eigenvalue weighted by molar-refractivity contribution is 0.277. The number of benzene rings is 1. The van der Waals surface area contributed by atoms with E-state index in [4.69, 9.17) is 9.47 Å². The van der Waals surface area contributed by atoms with E-state index in [1.165, 1.54) is 0 Å². The van der Waals surface area contributed by atoms with Crippen molar-refractivity contribution in [3.63, 3.8) is 0 Å². The summed E-state index contributed by atoms with van der Waals surface area (Å²) in [4.78, 5) is 0. The van der Waals surface area contributed by atoms with Crippen molar-refractivity contribution in [2.75, 3.05) is 13.2 Å². The van der Waals surface area contributed by atoms with E-state index in [1.54, 1.807) is 0 Å². The average Bonchev–Trinajstić information content (AvgIpc) is 2.17. The van der Waals surface area contributed by atoms with E-state index in [-0.39, 0.29) is 0 Å². The van der Waals surface area contributed by atoms with E-state index in [9.17, 15) is 0 Å². The lowest BCUT2D eigenvalue weighted by atomic mass is 10.3. The molecule has 0 amide bonds. The molecule has 78 valence electrons. The summed E-state index contributed by atoms with van der Waals surface area (Å²) in [5, 5.41) is 0. The van der Waals surface area contributed by atoms with Gasteiger partial charge in [0.25, 0.3) is 0 Å². The number of hydrogen-bond acceptors (Lipinski definition) is 2. The second-order valence-corrected chi connectivity index (χ2v) is 3.79. The standard InChI is InChI=1S/C11H15BrO2/c1-3-7-14-10-6-5-9(12)8-11(10)13-4-2/h5-6,8H,3-4,7H2,1-2H3. The Hall–Kier alpha value is -0.700. The van der Waals surface area contributed by atoms with Gasteiger partial charge >= 0.3 is 0 Å². The van der Waals surface area contributed by atoms with Crippen LogP contribution < -0.4 is 9.47 Å². The van der Waals surface area contributed by atoms with Crippen molar-refractivity contribution in [1.29, 1.82) is 0 Å². The van der Waals surface area contributed by atoms with Crippen LogP contribution in [0, 0.1) is 0 Å². The first-order valence-corrected chi connectivity index (χ1v) is 5.62. The summed E-state index contributed by atoms with van der Waals surface area (Å²) in [6.07, 6.45) is 1.00. The van der Waals surface area contributed by atoms with E-state index >= 15 is 0 Å². The van der Waals surface area contributed by atoms with E-state index in [0.717, 1.165) is 29.0 Å². The minimum atomic E-state index is 0.652. The summed E-state index contributed by atoms with van der Waals surface area (Å²) in [6.45, 7) is 5.42. The first-order chi connectivity index (χ1) is 6.77. The molecular weight excluding hydrogens is 244 g/mol. The molecule has 0 aliphatic rings. The zero-order valence-electron chi connectivity index (χ0n) is 8.55. The molecule has 0 fully saturated rings. The summed E-state index contributed by atoms with van der Waals surface area (Å²) in [6, 6.07) is 5.80. The van der Waals surface area contributed by atoms with Gasteiger partial charge in [-0.3, -0.25) is 0 Å². The highest BCUT2D eigenvalue weighted by atomic mass is 79.9. The predicted molar refractivity (Wildman–Crippen MR) is 61.1 cm³/mol. The Bertz CT molecular complexity index is 287. The van der Waals surface area contributed by atoms with Crippen molar-refractivity contribution in [3.05, 3.63) is 22.7 Å². The summed E-state index contributed by atoms with van der Waals surface area (Å²) in [5.74, 6) is 1.62. The molecule has 0 unspecified atom stereocenters. The third-order valence-electron chi connectivity index (χ3n) is 1.67. The Morgan fingerprint density at radius 3 is 2.57 bits per heavy atom. The molecule has 1 aromatic rings. The number of hydrogen-bond donors (Lipinski definition) is 0. The molecule has 0 saturated carbocycles. The smallest absolute Gasteiger partial charge is 0.162 e. The molecule has 1 aromatic carbocycles. The first-order valence-electron chi connectivity index (χ1n) is 4.83. The topological polar surface area (TPSA) is 18.5 Å². The highest BCUT2D eigenvalue weighted by Crippen LogP contribution is 2.30. The van der Waals surface area contributed by atoms with Crippen LogP contribution in [-0.2, 0) is 0 Å². The van der Waals surface area contributed by atoms with Crippen LogP contribution in [0.15, 0.2) is 22.7 Å². The molecule has 0 aliphatic heterocycles. The van der Waals surface area contributed by atoms with E-state index in [1.807, 2.05) is 25.1 Å². The molecule has 0 heterocycles. The molecule has 14 heavy (non-hydrogen) atoms. The Morgan fingerprint density at radius 1 is 1.14 bits per heavy atom. The summed E-state index contributed by atoms with van der Waals surface area (Å²) in [7, 11) is 0. The summed E-state index contributed by atoms with van der Waals surface area (Å²) < 4.78 is 12.0. The summed E-state index contributed by atoms with van der Waals surface area (Å²) >= 11 is 3.40. The maximum absolute atomic E-state index is 5.55. The minimum Gasteiger partial charge on any atom is -0.490 e. The van der Waals surface area contributed by atoms with Crippen LogP contribution >= 0.6 is 15.9 Å². The molecule has 1 rings (SSSR count). The molecule has 0 N–H and O–H groups in total. The van der Waals surface area contributed by atoms with Crippen molar-refractivity contribution in [3.8, 4) is 11.5 Å². The first kappa shape index (κ1) is 11.4. The van der Waals surface area contributed by atoms with Crippen molar-refractivity contribution in [2.45, 2.75) is 20.3 Å². The van der Waals surface area contributed by atoms with Crippen LogP contribution in [-0.4, -0.2) is 13.2 Å². The molecule has 3 heteroatoms. The summed E-state index contributed by atoms with van der Waals surface area (Å²) in [5.41, 5.74) is 0. The van der Waals surface area contributed by atoms with Crippen molar-refractivity contribution < 1.29 is 9.47 Å². The molecule has 0 aliphatic carbocycles. The van der Waals surface area contributed by atoms with Crippen molar-refractivity contribution in [2.24, 2.45) is 0 Å². The van der Waals surface area contributed by atoms with Gasteiger partial charge in [0.1, 0.15) is 0 Å². The SMILES string of the molecule is CCCOc1ccc(Br)cc1OCC. The van der Waals surface area contributed by atoms with Crippen LogP contribution in [0.25, 0.3) is 0 Å². The van der Waals surface area contributed by atoms with Gasteiger partial charge in [-0.05, 0) is 31.5 Å². The molecule has 0 aromatic heterocycles. The second-order valence-electron chi connectivity index (χ2n) is 2.87. The van der Waals surface area contributed by atoms with Gasteiger partial charge in [-0.2, -0.15) is 0 Å². The highest BCUT2D eigenvalue weighted by molar-refractivity contribution is 9.10. The Kier molecular flexibility index (Phi) is 4.80. The fourth-order valence-electron chi connectivity index (χ4n) is 1.08. The number of ether oxygens (including phenoxy) is 2.